The first kappa shape index (κ1) is 13.4. The Morgan fingerprint density at radius 3 is 2.72 bits per heavy atom. The predicted molar refractivity (Wildman–Crippen MR) is 78.3 cm³/mol. The van der Waals surface area contributed by atoms with Gasteiger partial charge in [-0.3, -0.25) is 9.69 Å². The summed E-state index contributed by atoms with van der Waals surface area (Å²) in [7, 11) is 0. The van der Waals surface area contributed by atoms with E-state index < -0.39 is 0 Å². The van der Waals surface area contributed by atoms with Gasteiger partial charge in [-0.05, 0) is 25.5 Å². The van der Waals surface area contributed by atoms with Crippen molar-refractivity contribution in [2.45, 2.75) is 13.8 Å². The Balaban J connectivity index is 1.90. The Hall–Kier alpha value is -1.00. The highest BCUT2D eigenvalue weighted by Crippen LogP contribution is 2.16. The first-order valence-corrected chi connectivity index (χ1v) is 7.48. The number of carbonyl (C=O) groups excluding carboxylic acids is 1. The highest BCUT2D eigenvalue weighted by atomic mass is 32.2. The Labute approximate surface area is 113 Å². The molecule has 1 saturated heterocycles. The summed E-state index contributed by atoms with van der Waals surface area (Å²) in [5, 5.41) is 3.00. The number of thioether (sulfide) groups is 1. The van der Waals surface area contributed by atoms with Gasteiger partial charge in [0.25, 0.3) is 0 Å². The molecule has 1 N–H and O–H groups in total. The minimum absolute atomic E-state index is 0.0915. The average molecular weight is 264 g/mol. The molecule has 0 aliphatic carbocycles. The number of rotatable bonds is 3. The SMILES string of the molecule is Cc1ccc(NC(=O)CN2CCSCC2)c(C)c1. The van der Waals surface area contributed by atoms with E-state index in [1.807, 2.05) is 30.8 Å². The predicted octanol–water partition coefficient (Wildman–Crippen LogP) is 2.29. The second kappa shape index (κ2) is 6.25. The van der Waals surface area contributed by atoms with Crippen LogP contribution in [0.5, 0.6) is 0 Å². The smallest absolute Gasteiger partial charge is 0.238 e. The largest absolute Gasteiger partial charge is 0.325 e. The normalized spacial score (nSPS) is 16.6. The number of nitrogens with zero attached hydrogens (tertiary/aromatic N) is 1. The van der Waals surface area contributed by atoms with Crippen LogP contribution in [-0.2, 0) is 4.79 Å². The molecule has 0 radical (unpaired) electrons. The molecule has 0 aromatic heterocycles. The van der Waals surface area contributed by atoms with Crippen LogP contribution >= 0.6 is 11.8 Å². The summed E-state index contributed by atoms with van der Waals surface area (Å²) < 4.78 is 0. The molecule has 98 valence electrons. The first-order valence-electron chi connectivity index (χ1n) is 6.32. The summed E-state index contributed by atoms with van der Waals surface area (Å²) in [5.41, 5.74) is 3.27. The Morgan fingerprint density at radius 2 is 2.06 bits per heavy atom. The Morgan fingerprint density at radius 1 is 1.33 bits per heavy atom. The molecule has 1 fully saturated rings. The maximum Gasteiger partial charge on any atom is 0.238 e. The number of aryl methyl sites for hydroxylation is 2. The number of hydrogen-bond acceptors (Lipinski definition) is 3. The van der Waals surface area contributed by atoms with Gasteiger partial charge in [-0.25, -0.2) is 0 Å². The van der Waals surface area contributed by atoms with Gasteiger partial charge in [0.05, 0.1) is 6.54 Å². The molecule has 1 heterocycles. The maximum atomic E-state index is 12.0. The van der Waals surface area contributed by atoms with Crippen LogP contribution in [0.2, 0.25) is 0 Å². The van der Waals surface area contributed by atoms with Crippen LogP contribution in [0.15, 0.2) is 18.2 Å². The number of carbonyl (C=O) groups is 1. The molecular formula is C14H20N2OS. The molecule has 3 nitrogen and oxygen atoms in total. The summed E-state index contributed by atoms with van der Waals surface area (Å²) >= 11 is 1.96. The van der Waals surface area contributed by atoms with Crippen molar-refractivity contribution in [3.05, 3.63) is 29.3 Å². The molecule has 4 heteroatoms. The number of nitrogens with one attached hydrogen (secondary N) is 1. The molecule has 1 aliphatic rings. The van der Waals surface area contributed by atoms with Crippen LogP contribution in [0, 0.1) is 13.8 Å². The highest BCUT2D eigenvalue weighted by molar-refractivity contribution is 7.99. The second-order valence-corrected chi connectivity index (χ2v) is 5.98. The van der Waals surface area contributed by atoms with E-state index in [-0.39, 0.29) is 5.91 Å². The lowest BCUT2D eigenvalue weighted by atomic mass is 10.1. The van der Waals surface area contributed by atoms with Crippen LogP contribution in [0.25, 0.3) is 0 Å². The number of amides is 1. The number of anilines is 1. The molecule has 2 rings (SSSR count). The van der Waals surface area contributed by atoms with E-state index in [2.05, 4.69) is 23.2 Å². The van der Waals surface area contributed by atoms with Gasteiger partial charge in [-0.1, -0.05) is 17.7 Å². The summed E-state index contributed by atoms with van der Waals surface area (Å²) in [6.45, 7) is 6.63. The quantitative estimate of drug-likeness (QED) is 0.909. The van der Waals surface area contributed by atoms with Crippen molar-refractivity contribution in [2.24, 2.45) is 0 Å². The molecule has 18 heavy (non-hydrogen) atoms. The number of hydrogen-bond donors (Lipinski definition) is 1. The minimum Gasteiger partial charge on any atom is -0.325 e. The Kier molecular flexibility index (Phi) is 4.66. The lowest BCUT2D eigenvalue weighted by molar-refractivity contribution is -0.117. The molecule has 1 amide bonds. The van der Waals surface area contributed by atoms with Crippen LogP contribution in [-0.4, -0.2) is 41.9 Å². The zero-order chi connectivity index (χ0) is 13.0. The van der Waals surface area contributed by atoms with E-state index in [4.69, 9.17) is 0 Å². The van der Waals surface area contributed by atoms with Gasteiger partial charge in [0.1, 0.15) is 0 Å². The van der Waals surface area contributed by atoms with Crippen LogP contribution < -0.4 is 5.32 Å². The molecule has 1 aliphatic heterocycles. The summed E-state index contributed by atoms with van der Waals surface area (Å²) in [6, 6.07) is 6.10. The molecule has 0 saturated carbocycles. The van der Waals surface area contributed by atoms with E-state index >= 15 is 0 Å². The minimum atomic E-state index is 0.0915. The Bertz CT molecular complexity index is 428. The van der Waals surface area contributed by atoms with E-state index in [1.165, 1.54) is 5.56 Å². The zero-order valence-electron chi connectivity index (χ0n) is 11.0. The summed E-state index contributed by atoms with van der Waals surface area (Å²) in [6.07, 6.45) is 0. The van der Waals surface area contributed by atoms with Gasteiger partial charge in [0, 0.05) is 30.3 Å². The van der Waals surface area contributed by atoms with Crippen molar-refractivity contribution in [1.82, 2.24) is 4.90 Å². The van der Waals surface area contributed by atoms with Crippen molar-refractivity contribution in [3.8, 4) is 0 Å². The van der Waals surface area contributed by atoms with Crippen LogP contribution in [0.4, 0.5) is 5.69 Å². The number of benzene rings is 1. The van der Waals surface area contributed by atoms with Gasteiger partial charge >= 0.3 is 0 Å². The third-order valence-electron chi connectivity index (χ3n) is 3.13. The monoisotopic (exact) mass is 264 g/mol. The highest BCUT2D eigenvalue weighted by Gasteiger charge is 2.14. The van der Waals surface area contributed by atoms with E-state index in [1.54, 1.807) is 0 Å². The first-order chi connectivity index (χ1) is 8.65. The third kappa shape index (κ3) is 3.75. The molecule has 0 bridgehead atoms. The van der Waals surface area contributed by atoms with Gasteiger partial charge in [-0.15, -0.1) is 0 Å². The molecule has 0 unspecified atom stereocenters. The zero-order valence-corrected chi connectivity index (χ0v) is 11.8. The van der Waals surface area contributed by atoms with Crippen molar-refractivity contribution in [1.29, 1.82) is 0 Å². The lowest BCUT2D eigenvalue weighted by Gasteiger charge is -2.25. The topological polar surface area (TPSA) is 32.3 Å². The third-order valence-corrected chi connectivity index (χ3v) is 4.07. The fourth-order valence-electron chi connectivity index (χ4n) is 2.11. The summed E-state index contributed by atoms with van der Waals surface area (Å²) in [5.74, 6) is 2.36. The van der Waals surface area contributed by atoms with E-state index in [0.29, 0.717) is 6.54 Å². The van der Waals surface area contributed by atoms with Crippen molar-refractivity contribution in [2.75, 3.05) is 36.5 Å². The van der Waals surface area contributed by atoms with Gasteiger partial charge in [0.15, 0.2) is 0 Å². The molecule has 1 aromatic rings. The lowest BCUT2D eigenvalue weighted by Crippen LogP contribution is -2.38. The van der Waals surface area contributed by atoms with Gasteiger partial charge in [-0.2, -0.15) is 11.8 Å². The molecule has 1 aromatic carbocycles. The van der Waals surface area contributed by atoms with Crippen molar-refractivity contribution in [3.63, 3.8) is 0 Å². The van der Waals surface area contributed by atoms with E-state index in [9.17, 15) is 4.79 Å². The fraction of sp³-hybridized carbons (Fsp3) is 0.500. The molecular weight excluding hydrogens is 244 g/mol. The van der Waals surface area contributed by atoms with E-state index in [0.717, 1.165) is 35.8 Å². The van der Waals surface area contributed by atoms with Crippen molar-refractivity contribution >= 4 is 23.4 Å². The van der Waals surface area contributed by atoms with Gasteiger partial charge in [0.2, 0.25) is 5.91 Å². The summed E-state index contributed by atoms with van der Waals surface area (Å²) in [4.78, 5) is 14.2. The molecule has 0 atom stereocenters. The fourth-order valence-corrected chi connectivity index (χ4v) is 3.08. The van der Waals surface area contributed by atoms with Gasteiger partial charge < -0.3 is 5.32 Å². The van der Waals surface area contributed by atoms with Crippen LogP contribution in [0.1, 0.15) is 11.1 Å². The maximum absolute atomic E-state index is 12.0. The average Bonchev–Trinajstić information content (AvgIpc) is 2.34. The molecule has 0 spiro atoms. The standard InChI is InChI=1S/C14H20N2OS/c1-11-3-4-13(12(2)9-11)15-14(17)10-16-5-7-18-8-6-16/h3-4,9H,5-8,10H2,1-2H3,(H,15,17). The second-order valence-electron chi connectivity index (χ2n) is 4.76. The van der Waals surface area contributed by atoms with Crippen molar-refractivity contribution < 1.29 is 4.79 Å². The van der Waals surface area contributed by atoms with Crippen LogP contribution in [0.3, 0.4) is 0 Å².